The van der Waals surface area contributed by atoms with Crippen LogP contribution in [0.5, 0.6) is 0 Å². The standard InChI is InChI=1S/C64H72N10O14/c1-8-63(21-14-17-45-47(63)27-51-56-41(31-73(51)58(45)80)23-39-15-10-12-18-49(39)71-56)87-60(82)34(3)68-54(78)25-43(70-53(77)20-22-65-62(84)86-44(29-66-37(6)75)30-67-38(7)76)26-55(79)69-35(4)61(83)88-64(9-2)36(5)85-33-46-48(64)28-52-57-42(32-74(52)59(46)81)24-40-16-11-13-19-50(40)72-57/h10-11,13,15-16,19,23-24,27-28,34-35,43-44H,5,8-9,12,14,17-18,20-22,25-26,29-33H2,1-4,6-7H3,(H,65,84)(H,66,75)(H,67,76)(H,68,78)(H,69,79)(H,70,77)/t34?,35?,43?,63-,64+/m0/s1. The Labute approximate surface area is 506 Å². The highest BCUT2D eigenvalue weighted by Crippen LogP contribution is 2.46. The van der Waals surface area contributed by atoms with E-state index in [-0.39, 0.29) is 68.1 Å². The molecule has 0 radical (unpaired) electrons. The summed E-state index contributed by atoms with van der Waals surface area (Å²) in [6.07, 6.45) is 4.23. The van der Waals surface area contributed by atoms with Gasteiger partial charge in [-0.2, -0.15) is 0 Å². The molecule has 3 aliphatic heterocycles. The third kappa shape index (κ3) is 12.5. The van der Waals surface area contributed by atoms with Crippen molar-refractivity contribution in [1.29, 1.82) is 0 Å². The highest BCUT2D eigenvalue weighted by atomic mass is 16.6. The Morgan fingerprint density at radius 3 is 2.01 bits per heavy atom. The Balaban J connectivity index is 0.826. The molecule has 6 N–H and O–H groups in total. The number of hydrogen-bond donors (Lipinski definition) is 6. The number of alkyl carbamates (subject to hydrolysis) is 1. The Hall–Kier alpha value is -9.48. The molecular formula is C64H72N10O14. The van der Waals surface area contributed by atoms with Crippen molar-refractivity contribution in [3.63, 3.8) is 0 Å². The maximum atomic E-state index is 14.3. The quantitative estimate of drug-likeness (QED) is 0.0430. The number of aryl methyl sites for hydroxylation is 1. The maximum Gasteiger partial charge on any atom is 0.407 e. The first-order chi connectivity index (χ1) is 42.1. The molecule has 0 saturated heterocycles. The number of pyridine rings is 4. The second kappa shape index (κ2) is 25.5. The molecule has 6 amide bonds. The molecule has 0 bridgehead atoms. The number of fused-ring (bicyclic) bond motifs is 10. The molecule has 24 nitrogen and oxygen atoms in total. The fourth-order valence-corrected chi connectivity index (χ4v) is 12.4. The first-order valence-corrected chi connectivity index (χ1v) is 29.8. The average Bonchev–Trinajstić information content (AvgIpc) is 1.43. The molecule has 5 atom stereocenters. The van der Waals surface area contributed by atoms with Crippen LogP contribution in [0.25, 0.3) is 39.8 Å². The Kier molecular flexibility index (Phi) is 17.8. The maximum absolute atomic E-state index is 14.3. The van der Waals surface area contributed by atoms with Crippen LogP contribution in [-0.4, -0.2) is 111 Å². The van der Waals surface area contributed by atoms with Gasteiger partial charge >= 0.3 is 18.0 Å². The molecular weight excluding hydrogens is 1130 g/mol. The highest BCUT2D eigenvalue weighted by Gasteiger charge is 2.48. The lowest BCUT2D eigenvalue weighted by Gasteiger charge is -2.39. The molecule has 2 aliphatic carbocycles. The number of hydrogen-bond acceptors (Lipinski definition) is 16. The molecule has 0 fully saturated rings. The van der Waals surface area contributed by atoms with Crippen molar-refractivity contribution in [2.24, 2.45) is 0 Å². The Morgan fingerprint density at radius 2 is 1.35 bits per heavy atom. The molecule has 3 unspecified atom stereocenters. The van der Waals surface area contributed by atoms with Gasteiger partial charge in [-0.15, -0.1) is 0 Å². The van der Waals surface area contributed by atoms with E-state index in [1.807, 2.05) is 43.3 Å². The normalized spacial score (nSPS) is 18.2. The molecule has 5 aromatic rings. The number of ether oxygens (including phenoxy) is 4. The minimum absolute atomic E-state index is 0.0692. The zero-order valence-corrected chi connectivity index (χ0v) is 50.1. The van der Waals surface area contributed by atoms with E-state index in [4.69, 9.17) is 28.9 Å². The summed E-state index contributed by atoms with van der Waals surface area (Å²) in [4.78, 5) is 144. The van der Waals surface area contributed by atoms with E-state index in [1.165, 1.54) is 27.7 Å². The zero-order valence-electron chi connectivity index (χ0n) is 50.1. The number of rotatable bonds is 21. The largest absolute Gasteiger partial charge is 0.489 e. The third-order valence-corrected chi connectivity index (χ3v) is 17.0. The summed E-state index contributed by atoms with van der Waals surface area (Å²) < 4.78 is 27.3. The van der Waals surface area contributed by atoms with Crippen LogP contribution in [-0.2, 0) is 96.2 Å². The predicted octanol–water partition coefficient (Wildman–Crippen LogP) is 4.38. The Morgan fingerprint density at radius 1 is 0.727 bits per heavy atom. The molecule has 0 spiro atoms. The van der Waals surface area contributed by atoms with Crippen molar-refractivity contribution >= 4 is 64.5 Å². The predicted molar refractivity (Wildman–Crippen MR) is 321 cm³/mol. The summed E-state index contributed by atoms with van der Waals surface area (Å²) in [7, 11) is 0. The molecule has 7 heterocycles. The molecule has 5 aliphatic rings. The van der Waals surface area contributed by atoms with E-state index in [2.05, 4.69) is 56.7 Å². The monoisotopic (exact) mass is 1200 g/mol. The van der Waals surface area contributed by atoms with Gasteiger partial charge in [0.05, 0.1) is 60.0 Å². The number of esters is 2. The van der Waals surface area contributed by atoms with Crippen LogP contribution in [0, 0.1) is 0 Å². The number of amides is 6. The molecule has 4 aromatic heterocycles. The minimum Gasteiger partial charge on any atom is -0.489 e. The number of nitrogens with one attached hydrogen (secondary N) is 6. The SMILES string of the molecule is C=C1OCc2c(cc3n(c2=O)Cc2cc4ccccc4nc2-3)[C@]1(CC)OC(=O)C(C)NC(=O)CC(CC(=O)NC(C)C(=O)O[C@@]1(CC)CCCc2c1cc1n(c2=O)Cc2cc3c(nc2-1)CCC=C3)NC(=O)CCNC(=O)OC(CNC(C)=O)CNC(C)=O. The van der Waals surface area contributed by atoms with Crippen molar-refractivity contribution < 1.29 is 57.3 Å². The van der Waals surface area contributed by atoms with Gasteiger partial charge in [-0.05, 0) is 94.7 Å². The third-order valence-electron chi connectivity index (χ3n) is 17.0. The second-order valence-corrected chi connectivity index (χ2v) is 23.1. The number of carbonyl (C=O) groups excluding carboxylic acids is 8. The highest BCUT2D eigenvalue weighted by molar-refractivity contribution is 5.89. The molecule has 10 rings (SSSR count). The number of aromatic nitrogens is 4. The average molecular weight is 1210 g/mol. The smallest absolute Gasteiger partial charge is 0.407 e. The van der Waals surface area contributed by atoms with Crippen molar-refractivity contribution in [2.75, 3.05) is 19.6 Å². The van der Waals surface area contributed by atoms with E-state index in [0.717, 1.165) is 51.8 Å². The zero-order chi connectivity index (χ0) is 62.8. The van der Waals surface area contributed by atoms with Gasteiger partial charge in [0, 0.05) is 84.6 Å². The fourth-order valence-electron chi connectivity index (χ4n) is 12.4. The van der Waals surface area contributed by atoms with Gasteiger partial charge in [0.2, 0.25) is 29.5 Å². The van der Waals surface area contributed by atoms with Gasteiger partial charge in [0.15, 0.2) is 5.60 Å². The summed E-state index contributed by atoms with van der Waals surface area (Å²) in [5.41, 5.74) is 5.41. The molecule has 1 aromatic carbocycles. The summed E-state index contributed by atoms with van der Waals surface area (Å²) >= 11 is 0. The van der Waals surface area contributed by atoms with E-state index in [0.29, 0.717) is 66.0 Å². The summed E-state index contributed by atoms with van der Waals surface area (Å²) in [6, 6.07) is 11.5. The van der Waals surface area contributed by atoms with Crippen LogP contribution in [0.4, 0.5) is 4.79 Å². The first-order valence-electron chi connectivity index (χ1n) is 29.8. The van der Waals surface area contributed by atoms with Crippen LogP contribution in [0.15, 0.2) is 76.5 Å². The van der Waals surface area contributed by atoms with Crippen molar-refractivity contribution in [3.8, 4) is 22.8 Å². The van der Waals surface area contributed by atoms with E-state index in [1.54, 1.807) is 22.1 Å². The summed E-state index contributed by atoms with van der Waals surface area (Å²) in [6.45, 7) is 13.1. The second-order valence-electron chi connectivity index (χ2n) is 23.1. The van der Waals surface area contributed by atoms with Gasteiger partial charge in [-0.25, -0.2) is 19.4 Å². The number of benzene rings is 1. The number of para-hydroxylation sites is 1. The first kappa shape index (κ1) is 61.6. The van der Waals surface area contributed by atoms with Gasteiger partial charge in [-0.3, -0.25) is 38.5 Å². The van der Waals surface area contributed by atoms with Crippen molar-refractivity contribution in [1.82, 2.24) is 51.0 Å². The van der Waals surface area contributed by atoms with Crippen LogP contribution < -0.4 is 43.0 Å². The number of nitrogens with zero attached hydrogens (tertiary/aromatic N) is 4. The number of carbonyl (C=O) groups is 8. The minimum atomic E-state index is -1.67. The van der Waals surface area contributed by atoms with Crippen LogP contribution in [0.2, 0.25) is 0 Å². The molecule has 462 valence electrons. The summed E-state index contributed by atoms with van der Waals surface area (Å²) in [5, 5.41) is 16.3. The lowest BCUT2D eigenvalue weighted by atomic mass is 9.77. The lowest BCUT2D eigenvalue weighted by molar-refractivity contribution is -0.167. The fraction of sp³-hybridized carbons (Fsp3) is 0.438. The summed E-state index contributed by atoms with van der Waals surface area (Å²) in [5.74, 6) is -4.71. The van der Waals surface area contributed by atoms with Crippen LogP contribution in [0.1, 0.15) is 138 Å². The van der Waals surface area contributed by atoms with Gasteiger partial charge < -0.3 is 60.0 Å². The molecule has 0 saturated carbocycles. The van der Waals surface area contributed by atoms with Gasteiger partial charge in [-0.1, -0.05) is 50.8 Å². The number of allylic oxidation sites excluding steroid dienone is 1. The van der Waals surface area contributed by atoms with Gasteiger partial charge in [0.1, 0.15) is 36.2 Å². The molecule has 88 heavy (non-hydrogen) atoms. The van der Waals surface area contributed by atoms with Crippen LogP contribution >= 0.6 is 0 Å². The van der Waals surface area contributed by atoms with Gasteiger partial charge in [0.25, 0.3) is 11.1 Å². The van der Waals surface area contributed by atoms with Crippen molar-refractivity contribution in [2.45, 2.75) is 161 Å². The van der Waals surface area contributed by atoms with Crippen molar-refractivity contribution in [3.05, 3.63) is 132 Å². The van der Waals surface area contributed by atoms with E-state index >= 15 is 0 Å². The van der Waals surface area contributed by atoms with E-state index in [9.17, 15) is 47.9 Å². The van der Waals surface area contributed by atoms with E-state index < -0.39 is 95.8 Å². The Bertz CT molecular complexity index is 3870. The lowest BCUT2D eigenvalue weighted by Crippen LogP contribution is -2.49. The molecule has 24 heteroatoms. The van der Waals surface area contributed by atoms with Crippen LogP contribution in [0.3, 0.4) is 0 Å². The topological polar surface area (TPSA) is 315 Å².